The van der Waals surface area contributed by atoms with Crippen molar-refractivity contribution < 1.29 is 9.53 Å². The number of nitrogens with zero attached hydrogens (tertiary/aromatic N) is 1. The zero-order chi connectivity index (χ0) is 13.6. The summed E-state index contributed by atoms with van der Waals surface area (Å²) >= 11 is 0. The number of esters is 1. The number of pyridine rings is 1. The highest BCUT2D eigenvalue weighted by atomic mass is 16.5. The summed E-state index contributed by atoms with van der Waals surface area (Å²) in [6.45, 7) is 4.79. The van der Waals surface area contributed by atoms with E-state index in [1.165, 1.54) is 7.11 Å². The van der Waals surface area contributed by atoms with Gasteiger partial charge < -0.3 is 15.8 Å². The number of aromatic nitrogens is 1. The van der Waals surface area contributed by atoms with Crippen LogP contribution in [0.1, 0.15) is 37.2 Å². The van der Waals surface area contributed by atoms with Crippen molar-refractivity contribution in [2.75, 3.05) is 19.0 Å². The van der Waals surface area contributed by atoms with Crippen LogP contribution in [0.15, 0.2) is 18.3 Å². The van der Waals surface area contributed by atoms with Crippen LogP contribution in [0, 0.1) is 0 Å². The summed E-state index contributed by atoms with van der Waals surface area (Å²) in [6, 6.07) is 3.47. The monoisotopic (exact) mass is 251 g/mol. The van der Waals surface area contributed by atoms with Gasteiger partial charge in [-0.1, -0.05) is 13.8 Å². The van der Waals surface area contributed by atoms with Crippen molar-refractivity contribution in [2.24, 2.45) is 5.73 Å². The molecule has 1 rings (SSSR count). The highest BCUT2D eigenvalue weighted by molar-refractivity contribution is 5.88. The van der Waals surface area contributed by atoms with Crippen molar-refractivity contribution in [3.05, 3.63) is 24.0 Å². The number of carbonyl (C=O) groups excluding carboxylic acids is 1. The molecule has 1 heterocycles. The van der Waals surface area contributed by atoms with Crippen LogP contribution in [0.25, 0.3) is 0 Å². The molecule has 0 atom stereocenters. The smallest absolute Gasteiger partial charge is 0.356 e. The van der Waals surface area contributed by atoms with Crippen LogP contribution in [0.4, 0.5) is 5.69 Å². The molecule has 100 valence electrons. The fourth-order valence-corrected chi connectivity index (χ4v) is 1.53. The van der Waals surface area contributed by atoms with E-state index < -0.39 is 5.97 Å². The molecule has 0 aliphatic rings. The highest BCUT2D eigenvalue weighted by Gasteiger charge is 2.19. The van der Waals surface area contributed by atoms with Gasteiger partial charge in [0, 0.05) is 24.0 Å². The van der Waals surface area contributed by atoms with E-state index in [9.17, 15) is 4.79 Å². The first-order chi connectivity index (χ1) is 8.54. The second-order valence-electron chi connectivity index (χ2n) is 4.34. The Morgan fingerprint density at radius 3 is 2.72 bits per heavy atom. The number of methoxy groups -OCH3 is 1. The van der Waals surface area contributed by atoms with E-state index >= 15 is 0 Å². The lowest BCUT2D eigenvalue weighted by Gasteiger charge is -2.27. The Kier molecular flexibility index (Phi) is 5.09. The van der Waals surface area contributed by atoms with Crippen LogP contribution in [-0.2, 0) is 4.74 Å². The SMILES string of the molecule is CCC(N)(CC)CNc1ccnc(C(=O)OC)c1. The number of ether oxygens (including phenoxy) is 1. The molecular formula is C13H21N3O2. The van der Waals surface area contributed by atoms with Crippen LogP contribution in [-0.4, -0.2) is 30.1 Å². The molecule has 0 spiro atoms. The summed E-state index contributed by atoms with van der Waals surface area (Å²) in [4.78, 5) is 15.3. The minimum absolute atomic E-state index is 0.227. The summed E-state index contributed by atoms with van der Waals surface area (Å²) < 4.78 is 4.63. The topological polar surface area (TPSA) is 77.2 Å². The molecule has 18 heavy (non-hydrogen) atoms. The first-order valence-electron chi connectivity index (χ1n) is 6.11. The third kappa shape index (κ3) is 3.70. The predicted octanol–water partition coefficient (Wildman–Crippen LogP) is 1.80. The number of hydrogen-bond acceptors (Lipinski definition) is 5. The Morgan fingerprint density at radius 2 is 2.17 bits per heavy atom. The number of carbonyl (C=O) groups is 1. The largest absolute Gasteiger partial charge is 0.464 e. The molecule has 0 radical (unpaired) electrons. The zero-order valence-electron chi connectivity index (χ0n) is 11.2. The van der Waals surface area contributed by atoms with Crippen LogP contribution >= 0.6 is 0 Å². The van der Waals surface area contributed by atoms with Crippen LogP contribution in [0.3, 0.4) is 0 Å². The molecule has 0 saturated carbocycles. The molecule has 0 amide bonds. The maximum Gasteiger partial charge on any atom is 0.356 e. The standard InChI is InChI=1S/C13H21N3O2/c1-4-13(14,5-2)9-16-10-6-7-15-11(8-10)12(17)18-3/h6-8H,4-5,9,14H2,1-3H3,(H,15,16). The third-order valence-corrected chi connectivity index (χ3v) is 3.21. The van der Waals surface area contributed by atoms with Gasteiger partial charge >= 0.3 is 5.97 Å². The molecule has 1 aromatic rings. The molecule has 0 saturated heterocycles. The van der Waals surface area contributed by atoms with E-state index in [-0.39, 0.29) is 11.2 Å². The number of nitrogens with one attached hydrogen (secondary N) is 1. The summed E-state index contributed by atoms with van der Waals surface area (Å²) in [5.74, 6) is -0.441. The fraction of sp³-hybridized carbons (Fsp3) is 0.538. The Bertz CT molecular complexity index is 403. The number of nitrogens with two attached hydrogens (primary N) is 1. The number of rotatable bonds is 6. The van der Waals surface area contributed by atoms with E-state index in [0.29, 0.717) is 6.54 Å². The molecule has 3 N–H and O–H groups in total. The van der Waals surface area contributed by atoms with Gasteiger partial charge in [0.15, 0.2) is 0 Å². The Hall–Kier alpha value is -1.62. The second kappa shape index (κ2) is 6.35. The average molecular weight is 251 g/mol. The number of anilines is 1. The van der Waals surface area contributed by atoms with Crippen LogP contribution < -0.4 is 11.1 Å². The van der Waals surface area contributed by atoms with Crippen molar-refractivity contribution in [1.82, 2.24) is 4.98 Å². The number of hydrogen-bond donors (Lipinski definition) is 2. The first kappa shape index (κ1) is 14.4. The van der Waals surface area contributed by atoms with Crippen molar-refractivity contribution in [3.8, 4) is 0 Å². The van der Waals surface area contributed by atoms with Crippen LogP contribution in [0.2, 0.25) is 0 Å². The maximum absolute atomic E-state index is 11.3. The normalized spacial score (nSPS) is 11.1. The Morgan fingerprint density at radius 1 is 1.50 bits per heavy atom. The lowest BCUT2D eigenvalue weighted by Crippen LogP contribution is -2.45. The maximum atomic E-state index is 11.3. The molecule has 5 nitrogen and oxygen atoms in total. The minimum atomic E-state index is -0.441. The van der Waals surface area contributed by atoms with Gasteiger partial charge in [-0.25, -0.2) is 9.78 Å². The van der Waals surface area contributed by atoms with E-state index in [1.54, 1.807) is 18.3 Å². The molecule has 5 heteroatoms. The summed E-state index contributed by atoms with van der Waals surface area (Å²) in [5.41, 5.74) is 7.08. The van der Waals surface area contributed by atoms with Crippen molar-refractivity contribution in [3.63, 3.8) is 0 Å². The molecule has 0 aliphatic carbocycles. The van der Waals surface area contributed by atoms with E-state index in [1.807, 2.05) is 0 Å². The van der Waals surface area contributed by atoms with Gasteiger partial charge in [-0.15, -0.1) is 0 Å². The summed E-state index contributed by atoms with van der Waals surface area (Å²) in [7, 11) is 1.34. The summed E-state index contributed by atoms with van der Waals surface area (Å²) in [5, 5.41) is 3.23. The van der Waals surface area contributed by atoms with Gasteiger partial charge in [0.05, 0.1) is 7.11 Å². The molecule has 0 bridgehead atoms. The van der Waals surface area contributed by atoms with Gasteiger partial charge in [-0.3, -0.25) is 0 Å². The quantitative estimate of drug-likeness (QED) is 0.754. The van der Waals surface area contributed by atoms with E-state index in [4.69, 9.17) is 5.73 Å². The van der Waals surface area contributed by atoms with Gasteiger partial charge in [-0.2, -0.15) is 0 Å². The van der Waals surface area contributed by atoms with Crippen molar-refractivity contribution in [2.45, 2.75) is 32.2 Å². The molecule has 0 unspecified atom stereocenters. The summed E-state index contributed by atoms with van der Waals surface area (Å²) in [6.07, 6.45) is 3.36. The van der Waals surface area contributed by atoms with Gasteiger partial charge in [-0.05, 0) is 25.0 Å². The zero-order valence-corrected chi connectivity index (χ0v) is 11.2. The lowest BCUT2D eigenvalue weighted by molar-refractivity contribution is 0.0594. The third-order valence-electron chi connectivity index (χ3n) is 3.21. The van der Waals surface area contributed by atoms with Gasteiger partial charge in [0.1, 0.15) is 5.69 Å². The molecule has 1 aromatic heterocycles. The second-order valence-corrected chi connectivity index (χ2v) is 4.34. The average Bonchev–Trinajstić information content (AvgIpc) is 2.44. The van der Waals surface area contributed by atoms with Crippen molar-refractivity contribution in [1.29, 1.82) is 0 Å². The van der Waals surface area contributed by atoms with Gasteiger partial charge in [0.2, 0.25) is 0 Å². The Balaban J connectivity index is 2.71. The molecular weight excluding hydrogens is 230 g/mol. The highest BCUT2D eigenvalue weighted by Crippen LogP contribution is 2.14. The first-order valence-corrected chi connectivity index (χ1v) is 6.11. The Labute approximate surface area is 108 Å². The fourth-order valence-electron chi connectivity index (χ4n) is 1.53. The molecule has 0 fully saturated rings. The minimum Gasteiger partial charge on any atom is -0.464 e. The van der Waals surface area contributed by atoms with Crippen LogP contribution in [0.5, 0.6) is 0 Å². The van der Waals surface area contributed by atoms with Crippen molar-refractivity contribution >= 4 is 11.7 Å². The van der Waals surface area contributed by atoms with E-state index in [2.05, 4.69) is 28.9 Å². The lowest BCUT2D eigenvalue weighted by atomic mass is 9.94. The van der Waals surface area contributed by atoms with E-state index in [0.717, 1.165) is 18.5 Å². The molecule has 0 aromatic carbocycles. The van der Waals surface area contributed by atoms with Gasteiger partial charge in [0.25, 0.3) is 0 Å². The molecule has 0 aliphatic heterocycles. The predicted molar refractivity (Wildman–Crippen MR) is 71.6 cm³/mol.